The Morgan fingerprint density at radius 2 is 1.76 bits per heavy atom. The van der Waals surface area contributed by atoms with Crippen LogP contribution in [0, 0.1) is 11.8 Å². The van der Waals surface area contributed by atoms with Gasteiger partial charge in [-0.15, -0.1) is 0 Å². The Kier molecular flexibility index (Phi) is 9.17. The van der Waals surface area contributed by atoms with Crippen LogP contribution in [0.25, 0.3) is 0 Å². The summed E-state index contributed by atoms with van der Waals surface area (Å²) in [5.74, 6) is 0.969. The minimum atomic E-state index is -0.371. The maximum Gasteiger partial charge on any atom is 0.230 e. The zero-order chi connectivity index (χ0) is 23.8. The van der Waals surface area contributed by atoms with Gasteiger partial charge in [0.2, 0.25) is 5.91 Å². The number of nitrogens with zero attached hydrogens (tertiary/aromatic N) is 1. The first-order valence-electron chi connectivity index (χ1n) is 11.1. The highest BCUT2D eigenvalue weighted by Crippen LogP contribution is 2.35. The Bertz CT molecular complexity index is 944. The molecule has 1 aromatic carbocycles. The van der Waals surface area contributed by atoms with Crippen molar-refractivity contribution in [1.29, 1.82) is 0 Å². The summed E-state index contributed by atoms with van der Waals surface area (Å²) in [6, 6.07) is 8.08. The fourth-order valence-electron chi connectivity index (χ4n) is 4.26. The van der Waals surface area contributed by atoms with E-state index in [2.05, 4.69) is 6.92 Å². The zero-order valence-electron chi connectivity index (χ0n) is 19.3. The molecule has 0 saturated heterocycles. The number of hydrogen-bond donors (Lipinski definition) is 0. The number of hydrogen-bond acceptors (Lipinski definition) is 7. The fraction of sp³-hybridized carbons (Fsp3) is 0.480. The highest BCUT2D eigenvalue weighted by molar-refractivity contribution is 7.15. The van der Waals surface area contributed by atoms with Crippen LogP contribution in [-0.4, -0.2) is 52.0 Å². The van der Waals surface area contributed by atoms with Crippen molar-refractivity contribution in [1.82, 2.24) is 0 Å². The quantitative estimate of drug-likeness (QED) is 0.428. The first-order chi connectivity index (χ1) is 16.0. The van der Waals surface area contributed by atoms with Gasteiger partial charge in [-0.2, -0.15) is 0 Å². The highest BCUT2D eigenvalue weighted by atomic mass is 32.1. The molecule has 0 radical (unpaired) electrons. The minimum absolute atomic E-state index is 0.00773. The second-order valence-corrected chi connectivity index (χ2v) is 9.52. The van der Waals surface area contributed by atoms with E-state index in [1.165, 1.54) is 11.3 Å². The predicted molar refractivity (Wildman–Crippen MR) is 128 cm³/mol. The van der Waals surface area contributed by atoms with Crippen LogP contribution in [0.15, 0.2) is 30.3 Å². The third-order valence-corrected chi connectivity index (χ3v) is 6.90. The van der Waals surface area contributed by atoms with E-state index >= 15 is 0 Å². The molecule has 33 heavy (non-hydrogen) atoms. The number of rotatable bonds is 11. The lowest BCUT2D eigenvalue weighted by molar-refractivity contribution is -0.124. The SMILES string of the molecule is COCC(COC)N(C(=O)C1CCC(C)CC1)c1ccc(Oc2ccc(C=O)s2)cc1C=O. The molecule has 0 atom stereocenters. The first kappa shape index (κ1) is 25.1. The van der Waals surface area contributed by atoms with Crippen molar-refractivity contribution < 1.29 is 28.6 Å². The van der Waals surface area contributed by atoms with E-state index in [9.17, 15) is 14.4 Å². The monoisotopic (exact) mass is 473 g/mol. The van der Waals surface area contributed by atoms with Crippen LogP contribution in [0.1, 0.15) is 52.6 Å². The molecule has 0 N–H and O–H groups in total. The number of methoxy groups -OCH3 is 2. The van der Waals surface area contributed by atoms with Crippen LogP contribution in [-0.2, 0) is 14.3 Å². The maximum absolute atomic E-state index is 13.7. The van der Waals surface area contributed by atoms with Gasteiger partial charge in [0.1, 0.15) is 5.75 Å². The maximum atomic E-state index is 13.7. The zero-order valence-corrected chi connectivity index (χ0v) is 20.1. The van der Waals surface area contributed by atoms with Gasteiger partial charge in [-0.3, -0.25) is 14.4 Å². The number of thiophene rings is 1. The van der Waals surface area contributed by atoms with Crippen molar-refractivity contribution in [2.24, 2.45) is 11.8 Å². The van der Waals surface area contributed by atoms with E-state index in [4.69, 9.17) is 14.2 Å². The van der Waals surface area contributed by atoms with Crippen molar-refractivity contribution in [3.63, 3.8) is 0 Å². The van der Waals surface area contributed by atoms with Crippen LogP contribution in [0.2, 0.25) is 0 Å². The average molecular weight is 474 g/mol. The number of benzene rings is 1. The summed E-state index contributed by atoms with van der Waals surface area (Å²) in [7, 11) is 3.17. The number of amides is 1. The summed E-state index contributed by atoms with van der Waals surface area (Å²) in [4.78, 5) is 38.9. The molecule has 0 spiro atoms. The Morgan fingerprint density at radius 3 is 2.33 bits per heavy atom. The summed E-state index contributed by atoms with van der Waals surface area (Å²) in [5, 5.41) is 0.544. The number of carbonyl (C=O) groups excluding carboxylic acids is 3. The molecular weight excluding hydrogens is 442 g/mol. The molecule has 1 saturated carbocycles. The molecule has 1 aliphatic rings. The van der Waals surface area contributed by atoms with E-state index in [0.717, 1.165) is 38.3 Å². The van der Waals surface area contributed by atoms with Gasteiger partial charge in [0.05, 0.1) is 29.8 Å². The molecule has 1 heterocycles. The first-order valence-corrected chi connectivity index (χ1v) is 11.9. The van der Waals surface area contributed by atoms with E-state index in [-0.39, 0.29) is 31.1 Å². The normalized spacial score (nSPS) is 18.2. The van der Waals surface area contributed by atoms with Gasteiger partial charge in [0, 0.05) is 25.7 Å². The van der Waals surface area contributed by atoms with Gasteiger partial charge >= 0.3 is 0 Å². The molecule has 1 fully saturated rings. The molecule has 0 aliphatic heterocycles. The molecule has 1 amide bonds. The molecule has 3 rings (SSSR count). The third-order valence-electron chi connectivity index (χ3n) is 6.01. The van der Waals surface area contributed by atoms with E-state index in [1.807, 2.05) is 0 Å². The molecule has 2 aromatic rings. The summed E-state index contributed by atoms with van der Waals surface area (Å²) >= 11 is 1.22. The van der Waals surface area contributed by atoms with E-state index < -0.39 is 0 Å². The second-order valence-electron chi connectivity index (χ2n) is 8.44. The lowest BCUT2D eigenvalue weighted by atomic mass is 9.82. The van der Waals surface area contributed by atoms with Crippen LogP contribution < -0.4 is 9.64 Å². The molecule has 8 heteroatoms. The van der Waals surface area contributed by atoms with Crippen LogP contribution in [0.4, 0.5) is 5.69 Å². The Labute approximate surface area is 198 Å². The lowest BCUT2D eigenvalue weighted by Crippen LogP contribution is -2.49. The van der Waals surface area contributed by atoms with Gasteiger partial charge in [-0.05, 0) is 61.9 Å². The molecule has 1 aromatic heterocycles. The topological polar surface area (TPSA) is 82.1 Å². The molecule has 178 valence electrons. The number of ether oxygens (including phenoxy) is 3. The minimum Gasteiger partial charge on any atom is -0.447 e. The van der Waals surface area contributed by atoms with Gasteiger partial charge in [-0.1, -0.05) is 18.3 Å². The standard InChI is InChI=1S/C25H31NO6S/c1-17-4-6-18(7-5-17)25(29)26(20(15-30-2)16-31-3)23-10-8-21(12-19(23)13-27)32-24-11-9-22(14-28)33-24/h8-14,17-18,20H,4-7,15-16H2,1-3H3. The Morgan fingerprint density at radius 1 is 1.06 bits per heavy atom. The Balaban J connectivity index is 1.94. The van der Waals surface area contributed by atoms with Gasteiger partial charge in [0.25, 0.3) is 0 Å². The summed E-state index contributed by atoms with van der Waals surface area (Å²) in [6.45, 7) is 2.78. The van der Waals surface area contributed by atoms with Crippen LogP contribution in [0.5, 0.6) is 10.8 Å². The average Bonchev–Trinajstić information content (AvgIpc) is 3.28. The van der Waals surface area contributed by atoms with Crippen LogP contribution in [0.3, 0.4) is 0 Å². The number of aldehydes is 2. The summed E-state index contributed by atoms with van der Waals surface area (Å²) < 4.78 is 16.6. The predicted octanol–water partition coefficient (Wildman–Crippen LogP) is 4.99. The van der Waals surface area contributed by atoms with Gasteiger partial charge in [0.15, 0.2) is 17.6 Å². The molecule has 0 bridgehead atoms. The number of anilines is 1. The summed E-state index contributed by atoms with van der Waals surface area (Å²) in [5.41, 5.74) is 0.856. The van der Waals surface area contributed by atoms with Crippen LogP contribution >= 0.6 is 11.3 Å². The molecule has 7 nitrogen and oxygen atoms in total. The van der Waals surface area contributed by atoms with E-state index in [0.29, 0.717) is 32.9 Å². The van der Waals surface area contributed by atoms with E-state index in [1.54, 1.807) is 49.5 Å². The second kappa shape index (κ2) is 12.1. The molecular formula is C25H31NO6S. The highest BCUT2D eigenvalue weighted by Gasteiger charge is 2.34. The fourth-order valence-corrected chi connectivity index (χ4v) is 4.95. The Hall–Kier alpha value is -2.55. The van der Waals surface area contributed by atoms with Crippen molar-refractivity contribution in [2.45, 2.75) is 38.6 Å². The summed E-state index contributed by atoms with van der Waals surface area (Å²) in [6.07, 6.45) is 5.18. The van der Waals surface area contributed by atoms with Crippen molar-refractivity contribution in [2.75, 3.05) is 32.3 Å². The smallest absolute Gasteiger partial charge is 0.230 e. The number of carbonyl (C=O) groups is 3. The third kappa shape index (κ3) is 6.28. The van der Waals surface area contributed by atoms with Gasteiger partial charge < -0.3 is 19.1 Å². The molecule has 1 aliphatic carbocycles. The largest absolute Gasteiger partial charge is 0.447 e. The van der Waals surface area contributed by atoms with Crippen molar-refractivity contribution in [3.8, 4) is 10.8 Å². The molecule has 0 unspecified atom stereocenters. The van der Waals surface area contributed by atoms with Crippen molar-refractivity contribution >= 4 is 35.5 Å². The lowest BCUT2D eigenvalue weighted by Gasteiger charge is -2.36. The van der Waals surface area contributed by atoms with Crippen molar-refractivity contribution in [3.05, 3.63) is 40.8 Å². The van der Waals surface area contributed by atoms with Gasteiger partial charge in [-0.25, -0.2) is 0 Å².